The second kappa shape index (κ2) is 14.3. The lowest BCUT2D eigenvalue weighted by Gasteiger charge is -2.45. The molecule has 0 radical (unpaired) electrons. The molecular formula is C25H62O7Si6. The highest BCUT2D eigenvalue weighted by atomic mass is 28.4. The van der Waals surface area contributed by atoms with Crippen LogP contribution < -0.4 is 0 Å². The molecule has 0 aliphatic rings. The third-order valence-electron chi connectivity index (χ3n) is 4.60. The van der Waals surface area contributed by atoms with E-state index < -0.39 is 68.2 Å². The van der Waals surface area contributed by atoms with E-state index in [-0.39, 0.29) is 18.5 Å². The molecule has 0 amide bonds. The summed E-state index contributed by atoms with van der Waals surface area (Å²) in [5, 5.41) is 0. The number of Topliss-reactive ketones (excluding diaryl/α,β-unsaturated/α-hetero) is 1. The van der Waals surface area contributed by atoms with E-state index in [1.165, 1.54) is 0 Å². The number of carbonyl (C=O) groups excluding carboxylic acids is 1. The fourth-order valence-electron chi connectivity index (χ4n) is 3.52. The highest BCUT2D eigenvalue weighted by molar-refractivity contribution is 6.72. The summed E-state index contributed by atoms with van der Waals surface area (Å²) >= 11 is 0. The first-order valence-corrected chi connectivity index (χ1v) is 34.4. The van der Waals surface area contributed by atoms with E-state index in [0.29, 0.717) is 6.61 Å². The summed E-state index contributed by atoms with van der Waals surface area (Å²) in [6.07, 6.45) is -2.30. The van der Waals surface area contributed by atoms with Gasteiger partial charge in [0.2, 0.25) is 0 Å². The summed E-state index contributed by atoms with van der Waals surface area (Å²) in [6, 6.07) is 0. The predicted molar refractivity (Wildman–Crippen MR) is 176 cm³/mol. The molecule has 0 N–H and O–H groups in total. The Balaban J connectivity index is 6.97. The van der Waals surface area contributed by atoms with Crippen molar-refractivity contribution in [2.24, 2.45) is 0 Å². The van der Waals surface area contributed by atoms with Crippen LogP contribution in [0, 0.1) is 0 Å². The van der Waals surface area contributed by atoms with Gasteiger partial charge in [-0.1, -0.05) is 0 Å². The van der Waals surface area contributed by atoms with Crippen molar-refractivity contribution >= 4 is 55.7 Å². The summed E-state index contributed by atoms with van der Waals surface area (Å²) in [7, 11) is -12.2. The van der Waals surface area contributed by atoms with Crippen molar-refractivity contribution in [1.82, 2.24) is 0 Å². The molecule has 0 aliphatic heterocycles. The van der Waals surface area contributed by atoms with Crippen molar-refractivity contribution in [2.75, 3.05) is 13.2 Å². The van der Waals surface area contributed by atoms with Gasteiger partial charge in [-0.25, -0.2) is 0 Å². The van der Waals surface area contributed by atoms with Crippen LogP contribution in [0.15, 0.2) is 0 Å². The van der Waals surface area contributed by atoms with E-state index >= 15 is 0 Å². The predicted octanol–water partition coefficient (Wildman–Crippen LogP) is 7.14. The standard InChI is InChI=1S/C25H62O7Si6/c1-33(2,3)27-19-21(26)23(30-36(10,11)12)25(32-38(16,17)18)24(31-37(13,14)15)22(29-35(7,8)9)20-28-34(4,5)6/h22-25H,19-20H2,1-18H3/t22-,23-,24-,25+/m1/s1. The largest absolute Gasteiger partial charge is 0.415 e. The maximum atomic E-state index is 13.9. The summed E-state index contributed by atoms with van der Waals surface area (Å²) < 4.78 is 39.8. The van der Waals surface area contributed by atoms with Crippen LogP contribution in [-0.4, -0.2) is 93.3 Å². The summed E-state index contributed by atoms with van der Waals surface area (Å²) in [6.45, 7) is 39.0. The van der Waals surface area contributed by atoms with Gasteiger partial charge in [0.15, 0.2) is 55.7 Å². The van der Waals surface area contributed by atoms with Gasteiger partial charge in [-0.05, 0) is 118 Å². The average Bonchev–Trinajstić information content (AvgIpc) is 2.59. The van der Waals surface area contributed by atoms with Gasteiger partial charge in [-0.2, -0.15) is 0 Å². The Hall–Kier alpha value is 0.731. The number of rotatable bonds is 18. The minimum Gasteiger partial charge on any atom is -0.415 e. The molecule has 0 heterocycles. The van der Waals surface area contributed by atoms with Crippen molar-refractivity contribution in [3.8, 4) is 0 Å². The third kappa shape index (κ3) is 19.7. The van der Waals surface area contributed by atoms with E-state index in [9.17, 15) is 4.79 Å². The quantitative estimate of drug-likeness (QED) is 0.147. The number of hydrogen-bond acceptors (Lipinski definition) is 7. The average molecular weight is 643 g/mol. The number of ketones is 1. The first kappa shape index (κ1) is 38.7. The molecule has 13 heteroatoms. The Morgan fingerprint density at radius 2 is 0.842 bits per heavy atom. The Morgan fingerprint density at radius 1 is 0.474 bits per heavy atom. The molecule has 0 aromatic carbocycles. The molecule has 0 aromatic rings. The van der Waals surface area contributed by atoms with Crippen molar-refractivity contribution in [3.05, 3.63) is 0 Å². The molecule has 0 saturated heterocycles. The lowest BCUT2D eigenvalue weighted by Crippen LogP contribution is -2.61. The van der Waals surface area contributed by atoms with Gasteiger partial charge in [0.25, 0.3) is 0 Å². The number of hydrogen-bond donors (Lipinski definition) is 0. The van der Waals surface area contributed by atoms with Gasteiger partial charge in [-0.3, -0.25) is 4.79 Å². The van der Waals surface area contributed by atoms with Gasteiger partial charge >= 0.3 is 0 Å². The van der Waals surface area contributed by atoms with Crippen molar-refractivity contribution in [2.45, 2.75) is 142 Å². The highest BCUT2D eigenvalue weighted by Gasteiger charge is 2.47. The molecule has 7 nitrogen and oxygen atoms in total. The zero-order chi connectivity index (χ0) is 30.5. The molecule has 228 valence electrons. The molecule has 0 fully saturated rings. The van der Waals surface area contributed by atoms with E-state index in [1.54, 1.807) is 0 Å². The molecule has 0 saturated carbocycles. The van der Waals surface area contributed by atoms with Gasteiger partial charge in [0.05, 0.1) is 25.4 Å². The Bertz CT molecular complexity index is 725. The zero-order valence-corrected chi connectivity index (χ0v) is 34.1. The highest BCUT2D eigenvalue weighted by Crippen LogP contribution is 2.29. The van der Waals surface area contributed by atoms with Crippen LogP contribution in [0.2, 0.25) is 118 Å². The first-order chi connectivity index (χ1) is 16.5. The molecule has 0 bridgehead atoms. The van der Waals surface area contributed by atoms with Crippen molar-refractivity contribution < 1.29 is 31.4 Å². The van der Waals surface area contributed by atoms with Gasteiger partial charge in [0.1, 0.15) is 12.2 Å². The molecule has 4 atom stereocenters. The monoisotopic (exact) mass is 642 g/mol. The van der Waals surface area contributed by atoms with Gasteiger partial charge in [-0.15, -0.1) is 0 Å². The van der Waals surface area contributed by atoms with Crippen LogP contribution in [0.5, 0.6) is 0 Å². The first-order valence-electron chi connectivity index (χ1n) is 14.0. The minimum atomic E-state index is -2.16. The van der Waals surface area contributed by atoms with E-state index in [0.717, 1.165) is 0 Å². The second-order valence-corrected chi connectivity index (χ2v) is 43.0. The van der Waals surface area contributed by atoms with Crippen LogP contribution >= 0.6 is 0 Å². The van der Waals surface area contributed by atoms with Crippen molar-refractivity contribution in [1.29, 1.82) is 0 Å². The van der Waals surface area contributed by atoms with Crippen LogP contribution in [-0.2, 0) is 31.4 Å². The number of carbonyl (C=O) groups is 1. The fraction of sp³-hybridized carbons (Fsp3) is 0.960. The van der Waals surface area contributed by atoms with Crippen molar-refractivity contribution in [3.63, 3.8) is 0 Å². The summed E-state index contributed by atoms with van der Waals surface area (Å²) in [5.41, 5.74) is 0. The maximum absolute atomic E-state index is 13.9. The molecule has 0 unspecified atom stereocenters. The molecule has 0 aromatic heterocycles. The van der Waals surface area contributed by atoms with Crippen LogP contribution in [0.3, 0.4) is 0 Å². The Morgan fingerprint density at radius 3 is 1.18 bits per heavy atom. The second-order valence-electron chi connectivity index (χ2n) is 16.1. The SMILES string of the molecule is C[Si](C)(C)OCC(=O)[C@@H](O[Si](C)(C)C)[C@H](O[Si](C)(C)C)[C@H](O[Si](C)(C)C)[C@@H](CO[Si](C)(C)C)O[Si](C)(C)C. The molecular weight excluding hydrogens is 581 g/mol. The van der Waals surface area contributed by atoms with E-state index in [4.69, 9.17) is 26.6 Å². The lowest BCUT2D eigenvalue weighted by atomic mass is 10.0. The van der Waals surface area contributed by atoms with Crippen LogP contribution in [0.25, 0.3) is 0 Å². The maximum Gasteiger partial charge on any atom is 0.187 e. The van der Waals surface area contributed by atoms with Gasteiger partial charge in [0, 0.05) is 0 Å². The zero-order valence-electron chi connectivity index (χ0n) is 28.1. The Labute approximate surface area is 241 Å². The minimum absolute atomic E-state index is 0.0149. The van der Waals surface area contributed by atoms with E-state index in [2.05, 4.69) is 118 Å². The van der Waals surface area contributed by atoms with E-state index in [1.807, 2.05) is 0 Å². The molecule has 0 aliphatic carbocycles. The molecule has 0 spiro atoms. The normalized spacial score (nSPS) is 17.7. The van der Waals surface area contributed by atoms with Crippen LogP contribution in [0.1, 0.15) is 0 Å². The Kier molecular flexibility index (Phi) is 14.5. The molecule has 0 rings (SSSR count). The fourth-order valence-corrected chi connectivity index (χ4v) is 9.07. The van der Waals surface area contributed by atoms with Crippen LogP contribution in [0.4, 0.5) is 0 Å². The van der Waals surface area contributed by atoms with Gasteiger partial charge < -0.3 is 26.6 Å². The molecule has 38 heavy (non-hydrogen) atoms. The third-order valence-corrected chi connectivity index (χ3v) is 10.6. The topological polar surface area (TPSA) is 72.5 Å². The lowest BCUT2D eigenvalue weighted by molar-refractivity contribution is -0.141. The summed E-state index contributed by atoms with van der Waals surface area (Å²) in [5.74, 6) is -0.0832. The summed E-state index contributed by atoms with van der Waals surface area (Å²) in [4.78, 5) is 13.9. The smallest absolute Gasteiger partial charge is 0.187 e.